The molecular formula is C16H27N3O2. The Hall–Kier alpha value is -1.36. The predicted octanol–water partition coefficient (Wildman–Crippen LogP) is 2.49. The van der Waals surface area contributed by atoms with Gasteiger partial charge in [-0.15, -0.1) is 0 Å². The predicted molar refractivity (Wildman–Crippen MR) is 81.9 cm³/mol. The average Bonchev–Trinajstić information content (AvgIpc) is 2.78. The summed E-state index contributed by atoms with van der Waals surface area (Å²) in [6, 6.07) is -0.0552. The minimum Gasteiger partial charge on any atom is -0.361 e. The summed E-state index contributed by atoms with van der Waals surface area (Å²) in [5.74, 6) is 1.92. The lowest BCUT2D eigenvalue weighted by molar-refractivity contribution is -0.123. The molecule has 1 saturated heterocycles. The van der Waals surface area contributed by atoms with Crippen LogP contribution in [-0.4, -0.2) is 24.2 Å². The van der Waals surface area contributed by atoms with E-state index in [4.69, 9.17) is 4.52 Å². The van der Waals surface area contributed by atoms with Crippen LogP contribution in [-0.2, 0) is 4.79 Å². The lowest BCUT2D eigenvalue weighted by Crippen LogP contribution is -2.36. The van der Waals surface area contributed by atoms with Crippen molar-refractivity contribution in [1.29, 1.82) is 0 Å². The first-order valence-electron chi connectivity index (χ1n) is 7.92. The van der Waals surface area contributed by atoms with Gasteiger partial charge < -0.3 is 15.2 Å². The van der Waals surface area contributed by atoms with Crippen LogP contribution in [0.3, 0.4) is 0 Å². The Kier molecular flexibility index (Phi) is 5.39. The van der Waals surface area contributed by atoms with E-state index in [0.29, 0.717) is 18.3 Å². The normalized spacial score (nSPS) is 21.8. The number of nitrogens with one attached hydrogen (secondary N) is 2. The van der Waals surface area contributed by atoms with Crippen molar-refractivity contribution in [3.8, 4) is 0 Å². The molecule has 21 heavy (non-hydrogen) atoms. The van der Waals surface area contributed by atoms with Gasteiger partial charge in [-0.25, -0.2) is 0 Å². The first kappa shape index (κ1) is 16.0. The number of amides is 1. The van der Waals surface area contributed by atoms with Gasteiger partial charge in [-0.3, -0.25) is 4.79 Å². The number of piperidine rings is 1. The summed E-state index contributed by atoms with van der Waals surface area (Å²) >= 11 is 0. The van der Waals surface area contributed by atoms with Crippen molar-refractivity contribution >= 4 is 5.91 Å². The molecule has 5 heteroatoms. The van der Waals surface area contributed by atoms with Gasteiger partial charge in [0.05, 0.1) is 11.7 Å². The maximum atomic E-state index is 12.2. The first-order chi connectivity index (χ1) is 9.99. The van der Waals surface area contributed by atoms with Crippen LogP contribution in [0.5, 0.6) is 0 Å². The minimum absolute atomic E-state index is 0.0552. The highest BCUT2D eigenvalue weighted by atomic mass is 16.5. The molecule has 1 aromatic heterocycles. The Balaban J connectivity index is 1.86. The zero-order chi connectivity index (χ0) is 15.4. The quantitative estimate of drug-likeness (QED) is 0.875. The molecule has 2 heterocycles. The molecule has 1 fully saturated rings. The molecule has 3 atom stereocenters. The summed E-state index contributed by atoms with van der Waals surface area (Å²) in [5, 5.41) is 10.4. The van der Waals surface area contributed by atoms with E-state index in [1.807, 2.05) is 20.8 Å². The molecule has 0 radical (unpaired) electrons. The fraction of sp³-hybridized carbons (Fsp3) is 0.750. The van der Waals surface area contributed by atoms with E-state index in [1.165, 1.54) is 12.8 Å². The summed E-state index contributed by atoms with van der Waals surface area (Å²) in [7, 11) is 0. The number of hydrogen-bond donors (Lipinski definition) is 2. The van der Waals surface area contributed by atoms with Crippen LogP contribution in [0.1, 0.15) is 56.2 Å². The molecule has 1 aliphatic rings. The summed E-state index contributed by atoms with van der Waals surface area (Å²) in [5.41, 5.74) is 1.85. The van der Waals surface area contributed by atoms with Gasteiger partial charge in [0.15, 0.2) is 0 Å². The Bertz CT molecular complexity index is 458. The van der Waals surface area contributed by atoms with Crippen molar-refractivity contribution < 1.29 is 9.32 Å². The van der Waals surface area contributed by atoms with Crippen molar-refractivity contribution in [1.82, 2.24) is 15.8 Å². The third-order valence-electron chi connectivity index (χ3n) is 4.55. The fourth-order valence-electron chi connectivity index (χ4n) is 3.30. The lowest BCUT2D eigenvalue weighted by atomic mass is 9.85. The molecule has 118 valence electrons. The van der Waals surface area contributed by atoms with Crippen molar-refractivity contribution in [3.63, 3.8) is 0 Å². The van der Waals surface area contributed by atoms with Gasteiger partial charge in [0.25, 0.3) is 0 Å². The Labute approximate surface area is 126 Å². The summed E-state index contributed by atoms with van der Waals surface area (Å²) < 4.78 is 5.16. The van der Waals surface area contributed by atoms with Crippen molar-refractivity contribution in [2.24, 2.45) is 11.8 Å². The molecule has 0 saturated carbocycles. The number of aryl methyl sites for hydroxylation is 2. The number of aromatic nitrogens is 1. The van der Waals surface area contributed by atoms with Crippen LogP contribution in [0, 0.1) is 25.7 Å². The van der Waals surface area contributed by atoms with Gasteiger partial charge in [0.2, 0.25) is 5.91 Å². The highest BCUT2D eigenvalue weighted by molar-refractivity contribution is 5.76. The van der Waals surface area contributed by atoms with Crippen molar-refractivity contribution in [3.05, 3.63) is 17.0 Å². The molecule has 2 rings (SSSR count). The number of rotatable bonds is 5. The monoisotopic (exact) mass is 293 g/mol. The van der Waals surface area contributed by atoms with E-state index < -0.39 is 0 Å². The van der Waals surface area contributed by atoms with Crippen molar-refractivity contribution in [2.45, 2.75) is 53.0 Å². The average molecular weight is 293 g/mol. The Morgan fingerprint density at radius 3 is 2.81 bits per heavy atom. The van der Waals surface area contributed by atoms with Crippen LogP contribution in [0.25, 0.3) is 0 Å². The summed E-state index contributed by atoms with van der Waals surface area (Å²) in [6.45, 7) is 10.1. The topological polar surface area (TPSA) is 67.2 Å². The van der Waals surface area contributed by atoms with Crippen LogP contribution in [0.15, 0.2) is 4.52 Å². The van der Waals surface area contributed by atoms with Gasteiger partial charge in [0, 0.05) is 12.0 Å². The molecule has 2 N–H and O–H groups in total. The number of carbonyl (C=O) groups is 1. The lowest BCUT2D eigenvalue weighted by Gasteiger charge is -2.28. The molecule has 0 spiro atoms. The van der Waals surface area contributed by atoms with Gasteiger partial charge >= 0.3 is 0 Å². The molecule has 5 nitrogen and oxygen atoms in total. The highest BCUT2D eigenvalue weighted by Gasteiger charge is 2.24. The summed E-state index contributed by atoms with van der Waals surface area (Å²) in [6.07, 6.45) is 3.02. The van der Waals surface area contributed by atoms with E-state index in [0.717, 1.165) is 30.1 Å². The van der Waals surface area contributed by atoms with Gasteiger partial charge in [-0.05, 0) is 58.5 Å². The van der Waals surface area contributed by atoms with Crippen molar-refractivity contribution in [2.75, 3.05) is 13.1 Å². The SMILES string of the molecule is Cc1noc(C)c1C(C)NC(=O)CC(C)C1CCCNC1. The molecule has 0 bridgehead atoms. The smallest absolute Gasteiger partial charge is 0.220 e. The van der Waals surface area contributed by atoms with Gasteiger partial charge in [-0.2, -0.15) is 0 Å². The molecule has 0 aromatic carbocycles. The third-order valence-corrected chi connectivity index (χ3v) is 4.55. The second-order valence-electron chi connectivity index (χ2n) is 6.31. The van der Waals surface area contributed by atoms with E-state index >= 15 is 0 Å². The zero-order valence-corrected chi connectivity index (χ0v) is 13.5. The zero-order valence-electron chi connectivity index (χ0n) is 13.5. The second-order valence-corrected chi connectivity index (χ2v) is 6.31. The number of carbonyl (C=O) groups excluding carboxylic acids is 1. The largest absolute Gasteiger partial charge is 0.361 e. The molecule has 1 amide bonds. The van der Waals surface area contributed by atoms with E-state index in [-0.39, 0.29) is 11.9 Å². The first-order valence-corrected chi connectivity index (χ1v) is 7.92. The second kappa shape index (κ2) is 7.07. The minimum atomic E-state index is -0.0552. The van der Waals surface area contributed by atoms with Gasteiger partial charge in [0.1, 0.15) is 5.76 Å². The third kappa shape index (κ3) is 4.06. The fourth-order valence-corrected chi connectivity index (χ4v) is 3.30. The standard InChI is InChI=1S/C16H27N3O2/c1-10(14-6-5-7-17-9-14)8-15(20)18-11(2)16-12(3)19-21-13(16)4/h10-11,14,17H,5-9H2,1-4H3,(H,18,20). The van der Waals surface area contributed by atoms with E-state index in [1.54, 1.807) is 0 Å². The van der Waals surface area contributed by atoms with E-state index in [9.17, 15) is 4.79 Å². The Morgan fingerprint density at radius 2 is 2.24 bits per heavy atom. The maximum absolute atomic E-state index is 12.2. The highest BCUT2D eigenvalue weighted by Crippen LogP contribution is 2.24. The van der Waals surface area contributed by atoms with Crippen LogP contribution in [0.4, 0.5) is 0 Å². The molecule has 0 aliphatic carbocycles. The van der Waals surface area contributed by atoms with Crippen LogP contribution in [0.2, 0.25) is 0 Å². The maximum Gasteiger partial charge on any atom is 0.220 e. The molecular weight excluding hydrogens is 266 g/mol. The summed E-state index contributed by atoms with van der Waals surface area (Å²) in [4.78, 5) is 12.2. The molecule has 1 aliphatic heterocycles. The molecule has 1 aromatic rings. The Morgan fingerprint density at radius 1 is 1.48 bits per heavy atom. The molecule has 3 unspecified atom stereocenters. The van der Waals surface area contributed by atoms with Crippen LogP contribution >= 0.6 is 0 Å². The number of hydrogen-bond acceptors (Lipinski definition) is 4. The number of nitrogens with zero attached hydrogens (tertiary/aromatic N) is 1. The van der Waals surface area contributed by atoms with E-state index in [2.05, 4.69) is 22.7 Å². The van der Waals surface area contributed by atoms with Gasteiger partial charge in [-0.1, -0.05) is 12.1 Å². The van der Waals surface area contributed by atoms with Crippen LogP contribution < -0.4 is 10.6 Å².